The Hall–Kier alpha value is -1.95. The molecule has 0 fully saturated rings. The van der Waals surface area contributed by atoms with Crippen molar-refractivity contribution in [2.24, 2.45) is 0 Å². The second-order valence-corrected chi connectivity index (χ2v) is 4.85. The second-order valence-electron chi connectivity index (χ2n) is 4.00. The molecule has 2 aromatic rings. The topological polar surface area (TPSA) is 60.7 Å². The molecule has 5 nitrogen and oxygen atoms in total. The van der Waals surface area contributed by atoms with Crippen molar-refractivity contribution in [1.82, 2.24) is 0 Å². The fraction of sp³-hybridized carbons (Fsp3) is 0.214. The van der Waals surface area contributed by atoms with Crippen LogP contribution in [0.5, 0.6) is 5.75 Å². The molecule has 0 saturated carbocycles. The summed E-state index contributed by atoms with van der Waals surface area (Å²) in [5, 5.41) is 3.19. The first-order valence-corrected chi connectivity index (χ1v) is 6.66. The zero-order valence-corrected chi connectivity index (χ0v) is 12.7. The number of rotatable bonds is 5. The Labute approximate surface area is 125 Å². The summed E-state index contributed by atoms with van der Waals surface area (Å²) in [5.41, 5.74) is 1.29. The number of ether oxygens (including phenoxy) is 2. The first-order chi connectivity index (χ1) is 9.63. The van der Waals surface area contributed by atoms with Gasteiger partial charge in [-0.2, -0.15) is 0 Å². The van der Waals surface area contributed by atoms with Crippen molar-refractivity contribution in [2.45, 2.75) is 6.54 Å². The molecule has 1 N–H and O–H groups in total. The number of halogens is 1. The summed E-state index contributed by atoms with van der Waals surface area (Å²) in [5.74, 6) is 0.974. The van der Waals surface area contributed by atoms with Crippen LogP contribution >= 0.6 is 15.9 Å². The predicted molar refractivity (Wildman–Crippen MR) is 78.1 cm³/mol. The maximum Gasteiger partial charge on any atom is 0.341 e. The van der Waals surface area contributed by atoms with Gasteiger partial charge in [-0.05, 0) is 34.1 Å². The lowest BCUT2D eigenvalue weighted by atomic mass is 10.3. The van der Waals surface area contributed by atoms with Crippen LogP contribution in [0.2, 0.25) is 0 Å². The van der Waals surface area contributed by atoms with Crippen LogP contribution in [-0.2, 0) is 11.3 Å². The molecular weight excluding hydrogens is 326 g/mol. The second kappa shape index (κ2) is 6.47. The summed E-state index contributed by atoms with van der Waals surface area (Å²) in [7, 11) is 2.94. The van der Waals surface area contributed by atoms with Crippen LogP contribution in [0, 0.1) is 0 Å². The molecule has 0 unspecified atom stereocenters. The minimum absolute atomic E-state index is 0.401. The van der Waals surface area contributed by atoms with E-state index in [2.05, 4.69) is 26.0 Å². The Morgan fingerprint density at radius 2 is 2.15 bits per heavy atom. The maximum atomic E-state index is 11.3. The molecule has 0 aliphatic carbocycles. The third-order valence-corrected chi connectivity index (χ3v) is 3.35. The summed E-state index contributed by atoms with van der Waals surface area (Å²) in [6.07, 6.45) is 1.38. The van der Waals surface area contributed by atoms with Gasteiger partial charge in [-0.3, -0.25) is 0 Å². The molecule has 6 heteroatoms. The third kappa shape index (κ3) is 3.33. The molecule has 1 aromatic heterocycles. The van der Waals surface area contributed by atoms with E-state index in [9.17, 15) is 4.79 Å². The number of benzene rings is 1. The average Bonchev–Trinajstić information content (AvgIpc) is 2.94. The van der Waals surface area contributed by atoms with E-state index in [1.54, 1.807) is 13.2 Å². The normalized spacial score (nSPS) is 10.2. The van der Waals surface area contributed by atoms with E-state index in [1.165, 1.54) is 13.4 Å². The van der Waals surface area contributed by atoms with Gasteiger partial charge in [0.1, 0.15) is 17.8 Å². The van der Waals surface area contributed by atoms with Gasteiger partial charge >= 0.3 is 5.97 Å². The summed E-state index contributed by atoms with van der Waals surface area (Å²) >= 11 is 3.39. The number of carbonyl (C=O) groups is 1. The van der Waals surface area contributed by atoms with E-state index in [0.717, 1.165) is 15.9 Å². The minimum Gasteiger partial charge on any atom is -0.495 e. The van der Waals surface area contributed by atoms with E-state index in [1.807, 2.05) is 18.2 Å². The third-order valence-electron chi connectivity index (χ3n) is 2.69. The smallest absolute Gasteiger partial charge is 0.341 e. The van der Waals surface area contributed by atoms with Crippen LogP contribution in [0.3, 0.4) is 0 Å². The molecule has 20 heavy (non-hydrogen) atoms. The van der Waals surface area contributed by atoms with Crippen LogP contribution in [0.4, 0.5) is 5.69 Å². The van der Waals surface area contributed by atoms with Gasteiger partial charge in [0.2, 0.25) is 0 Å². The lowest BCUT2D eigenvalue weighted by Crippen LogP contribution is -2.00. The van der Waals surface area contributed by atoms with Crippen molar-refractivity contribution in [3.8, 4) is 5.75 Å². The van der Waals surface area contributed by atoms with E-state index in [4.69, 9.17) is 9.15 Å². The number of esters is 1. The summed E-state index contributed by atoms with van der Waals surface area (Å²) in [4.78, 5) is 11.3. The van der Waals surface area contributed by atoms with Crippen molar-refractivity contribution in [2.75, 3.05) is 19.5 Å². The number of nitrogens with one attached hydrogen (secondary N) is 1. The summed E-state index contributed by atoms with van der Waals surface area (Å²) < 4.78 is 16.0. The van der Waals surface area contributed by atoms with E-state index >= 15 is 0 Å². The lowest BCUT2D eigenvalue weighted by Gasteiger charge is -2.08. The van der Waals surface area contributed by atoms with Crippen molar-refractivity contribution in [3.63, 3.8) is 0 Å². The highest BCUT2D eigenvalue weighted by Crippen LogP contribution is 2.28. The first kappa shape index (κ1) is 14.5. The summed E-state index contributed by atoms with van der Waals surface area (Å²) in [6.45, 7) is 0.460. The SMILES string of the molecule is COC(=O)c1coc(CNc2ccc(Br)c(OC)c2)c1. The largest absolute Gasteiger partial charge is 0.495 e. The van der Waals surface area contributed by atoms with Gasteiger partial charge in [0.15, 0.2) is 0 Å². The number of methoxy groups -OCH3 is 2. The van der Waals surface area contributed by atoms with Crippen LogP contribution in [-0.4, -0.2) is 20.2 Å². The molecule has 0 aliphatic heterocycles. The Morgan fingerprint density at radius 1 is 1.35 bits per heavy atom. The monoisotopic (exact) mass is 339 g/mol. The number of hydrogen-bond donors (Lipinski definition) is 1. The fourth-order valence-corrected chi connectivity index (χ4v) is 2.07. The average molecular weight is 340 g/mol. The molecule has 1 heterocycles. The molecule has 0 atom stereocenters. The van der Waals surface area contributed by atoms with Gasteiger partial charge in [-0.15, -0.1) is 0 Å². The van der Waals surface area contributed by atoms with Gasteiger partial charge in [0.25, 0.3) is 0 Å². The molecule has 0 bridgehead atoms. The molecule has 0 spiro atoms. The molecule has 0 saturated heterocycles. The Morgan fingerprint density at radius 3 is 2.85 bits per heavy atom. The van der Waals surface area contributed by atoms with Crippen LogP contribution < -0.4 is 10.1 Å². The number of hydrogen-bond acceptors (Lipinski definition) is 5. The highest BCUT2D eigenvalue weighted by Gasteiger charge is 2.10. The van der Waals surface area contributed by atoms with Crippen molar-refractivity contribution in [1.29, 1.82) is 0 Å². The van der Waals surface area contributed by atoms with Gasteiger partial charge in [0, 0.05) is 11.8 Å². The molecule has 1 aromatic carbocycles. The molecular formula is C14H14BrNO4. The van der Waals surface area contributed by atoms with E-state index < -0.39 is 5.97 Å². The standard InChI is InChI=1S/C14H14BrNO4/c1-18-13-6-10(3-4-12(13)15)16-7-11-5-9(8-20-11)14(17)19-2/h3-6,8,16H,7H2,1-2H3. The lowest BCUT2D eigenvalue weighted by molar-refractivity contribution is 0.0600. The summed E-state index contributed by atoms with van der Waals surface area (Å²) in [6, 6.07) is 7.32. The highest BCUT2D eigenvalue weighted by atomic mass is 79.9. The quantitative estimate of drug-likeness (QED) is 0.845. The van der Waals surface area contributed by atoms with Gasteiger partial charge in [-0.1, -0.05) is 0 Å². The van der Waals surface area contributed by atoms with Crippen molar-refractivity contribution < 1.29 is 18.7 Å². The zero-order chi connectivity index (χ0) is 14.5. The van der Waals surface area contributed by atoms with Gasteiger partial charge in [-0.25, -0.2) is 4.79 Å². The fourth-order valence-electron chi connectivity index (χ4n) is 1.66. The molecule has 0 aliphatic rings. The van der Waals surface area contributed by atoms with Gasteiger partial charge < -0.3 is 19.2 Å². The van der Waals surface area contributed by atoms with Crippen LogP contribution in [0.15, 0.2) is 39.4 Å². The Balaban J connectivity index is 2.01. The zero-order valence-electron chi connectivity index (χ0n) is 11.1. The van der Waals surface area contributed by atoms with Crippen molar-refractivity contribution in [3.05, 3.63) is 46.3 Å². The highest BCUT2D eigenvalue weighted by molar-refractivity contribution is 9.10. The van der Waals surface area contributed by atoms with Crippen molar-refractivity contribution >= 4 is 27.6 Å². The van der Waals surface area contributed by atoms with E-state index in [-0.39, 0.29) is 0 Å². The Bertz CT molecular complexity index is 609. The minimum atomic E-state index is -0.412. The van der Waals surface area contributed by atoms with Gasteiger partial charge in [0.05, 0.1) is 30.8 Å². The predicted octanol–water partition coefficient (Wildman–Crippen LogP) is 3.45. The first-order valence-electron chi connectivity index (χ1n) is 5.87. The molecule has 0 amide bonds. The number of anilines is 1. The number of carbonyl (C=O) groups excluding carboxylic acids is 1. The Kier molecular flexibility index (Phi) is 4.68. The van der Waals surface area contributed by atoms with Crippen LogP contribution in [0.25, 0.3) is 0 Å². The molecule has 2 rings (SSSR count). The van der Waals surface area contributed by atoms with Crippen LogP contribution in [0.1, 0.15) is 16.1 Å². The molecule has 0 radical (unpaired) electrons. The molecule has 106 valence electrons. The maximum absolute atomic E-state index is 11.3. The number of furan rings is 1. The van der Waals surface area contributed by atoms with E-state index in [0.29, 0.717) is 17.9 Å².